The minimum Gasteiger partial charge on any atom is -0.505 e. The van der Waals surface area contributed by atoms with Crippen molar-refractivity contribution in [3.63, 3.8) is 0 Å². The highest BCUT2D eigenvalue weighted by Crippen LogP contribution is 2.22. The first-order valence-corrected chi connectivity index (χ1v) is 8.24. The highest BCUT2D eigenvalue weighted by molar-refractivity contribution is 5.94. The largest absolute Gasteiger partial charge is 0.505 e. The molecule has 0 unspecified atom stereocenters. The smallest absolute Gasteiger partial charge is 0.276 e. The number of rotatable bonds is 2. The molecule has 7 nitrogen and oxygen atoms in total. The molecule has 4 rings (SSSR count). The average Bonchev–Trinajstić information content (AvgIpc) is 2.68. The fraction of sp³-hybridized carbons (Fsp3) is 0.158. The van der Waals surface area contributed by atoms with Gasteiger partial charge in [0.05, 0.1) is 12.2 Å². The van der Waals surface area contributed by atoms with E-state index in [9.17, 15) is 14.7 Å². The van der Waals surface area contributed by atoms with Crippen LogP contribution in [0.2, 0.25) is 0 Å². The maximum atomic E-state index is 12.7. The van der Waals surface area contributed by atoms with Crippen LogP contribution < -0.4 is 5.56 Å². The Morgan fingerprint density at radius 2 is 1.96 bits per heavy atom. The minimum absolute atomic E-state index is 0.00377. The molecule has 7 heteroatoms. The number of carbonyl (C=O) groups is 1. The third-order valence-corrected chi connectivity index (χ3v) is 4.40. The van der Waals surface area contributed by atoms with Crippen molar-refractivity contribution in [2.45, 2.75) is 13.0 Å². The number of amides is 1. The number of fused-ring (bicyclic) bond motifs is 1. The minimum atomic E-state index is -0.378. The third-order valence-electron chi connectivity index (χ3n) is 4.40. The number of pyridine rings is 1. The molecule has 2 N–H and O–H groups in total. The Hall–Kier alpha value is -3.48. The zero-order valence-electron chi connectivity index (χ0n) is 13.8. The molecule has 130 valence electrons. The summed E-state index contributed by atoms with van der Waals surface area (Å²) in [6.45, 7) is 0.575. The van der Waals surface area contributed by atoms with E-state index in [1.54, 1.807) is 11.0 Å². The van der Waals surface area contributed by atoms with Crippen molar-refractivity contribution in [3.05, 3.63) is 76.0 Å². The Labute approximate surface area is 149 Å². The van der Waals surface area contributed by atoms with Crippen LogP contribution in [0.5, 0.6) is 5.75 Å². The maximum absolute atomic E-state index is 12.7. The lowest BCUT2D eigenvalue weighted by Gasteiger charge is -2.27. The number of aromatic nitrogens is 3. The summed E-state index contributed by atoms with van der Waals surface area (Å²) in [6, 6.07) is 12.3. The van der Waals surface area contributed by atoms with E-state index in [1.807, 2.05) is 30.3 Å². The summed E-state index contributed by atoms with van der Waals surface area (Å²) in [4.78, 5) is 38.0. The first-order chi connectivity index (χ1) is 12.6. The molecule has 26 heavy (non-hydrogen) atoms. The Morgan fingerprint density at radius 3 is 2.73 bits per heavy atom. The van der Waals surface area contributed by atoms with Crippen LogP contribution in [-0.4, -0.2) is 37.4 Å². The molecule has 0 saturated heterocycles. The summed E-state index contributed by atoms with van der Waals surface area (Å²) in [7, 11) is 0. The van der Waals surface area contributed by atoms with Crippen molar-refractivity contribution in [3.8, 4) is 17.1 Å². The molecular weight excluding hydrogens is 332 g/mol. The van der Waals surface area contributed by atoms with E-state index < -0.39 is 0 Å². The van der Waals surface area contributed by atoms with Crippen molar-refractivity contribution in [1.82, 2.24) is 19.9 Å². The van der Waals surface area contributed by atoms with Gasteiger partial charge in [0.1, 0.15) is 11.6 Å². The molecule has 0 fully saturated rings. The zero-order chi connectivity index (χ0) is 18.1. The molecule has 0 bridgehead atoms. The van der Waals surface area contributed by atoms with Crippen LogP contribution in [0.4, 0.5) is 0 Å². The molecular formula is C19H16N4O3. The van der Waals surface area contributed by atoms with Crippen LogP contribution in [0.1, 0.15) is 21.7 Å². The number of aromatic amines is 1. The Bertz CT molecular complexity index is 1030. The monoisotopic (exact) mass is 348 g/mol. The molecule has 1 aromatic carbocycles. The average molecular weight is 348 g/mol. The van der Waals surface area contributed by atoms with Gasteiger partial charge in [-0.1, -0.05) is 30.3 Å². The van der Waals surface area contributed by atoms with Gasteiger partial charge in [0.2, 0.25) is 0 Å². The van der Waals surface area contributed by atoms with Gasteiger partial charge < -0.3 is 15.0 Å². The topological polar surface area (TPSA) is 99.2 Å². The Kier molecular flexibility index (Phi) is 3.96. The first-order valence-electron chi connectivity index (χ1n) is 8.24. The number of benzene rings is 1. The van der Waals surface area contributed by atoms with E-state index in [4.69, 9.17) is 0 Å². The van der Waals surface area contributed by atoms with Crippen molar-refractivity contribution in [2.75, 3.05) is 6.54 Å². The second-order valence-corrected chi connectivity index (χ2v) is 6.05. The number of carbonyl (C=O) groups excluding carboxylic acids is 1. The summed E-state index contributed by atoms with van der Waals surface area (Å²) in [5.74, 6) is -0.0615. The van der Waals surface area contributed by atoms with Gasteiger partial charge in [0.15, 0.2) is 5.69 Å². The van der Waals surface area contributed by atoms with Gasteiger partial charge in [-0.15, -0.1) is 0 Å². The van der Waals surface area contributed by atoms with Crippen molar-refractivity contribution >= 4 is 5.91 Å². The molecule has 0 radical (unpaired) electrons. The van der Waals surface area contributed by atoms with Crippen LogP contribution in [0.15, 0.2) is 53.5 Å². The van der Waals surface area contributed by atoms with Crippen LogP contribution in [0.25, 0.3) is 11.4 Å². The lowest BCUT2D eigenvalue weighted by atomic mass is 10.1. The first kappa shape index (κ1) is 16.0. The van der Waals surface area contributed by atoms with E-state index in [0.29, 0.717) is 30.0 Å². The van der Waals surface area contributed by atoms with Gasteiger partial charge in [-0.2, -0.15) is 0 Å². The molecule has 3 aromatic rings. The predicted octanol–water partition coefficient (Wildman–Crippen LogP) is 1.74. The van der Waals surface area contributed by atoms with Crippen molar-refractivity contribution in [2.24, 2.45) is 0 Å². The number of nitrogens with one attached hydrogen (secondary N) is 1. The van der Waals surface area contributed by atoms with Gasteiger partial charge in [-0.25, -0.2) is 9.97 Å². The quantitative estimate of drug-likeness (QED) is 0.735. The van der Waals surface area contributed by atoms with E-state index in [1.165, 1.54) is 12.3 Å². The summed E-state index contributed by atoms with van der Waals surface area (Å²) >= 11 is 0. The van der Waals surface area contributed by atoms with Gasteiger partial charge in [-0.05, 0) is 18.6 Å². The van der Waals surface area contributed by atoms with Crippen LogP contribution >= 0.6 is 0 Å². The normalized spacial score (nSPS) is 13.3. The van der Waals surface area contributed by atoms with E-state index in [0.717, 1.165) is 5.56 Å². The number of nitrogens with zero attached hydrogens (tertiary/aromatic N) is 3. The third kappa shape index (κ3) is 2.83. The molecule has 0 atom stereocenters. The highest BCUT2D eigenvalue weighted by atomic mass is 16.3. The molecule has 0 aliphatic carbocycles. The second kappa shape index (κ2) is 6.44. The fourth-order valence-corrected chi connectivity index (χ4v) is 3.06. The Morgan fingerprint density at radius 1 is 1.15 bits per heavy atom. The van der Waals surface area contributed by atoms with E-state index in [-0.39, 0.29) is 29.5 Å². The summed E-state index contributed by atoms with van der Waals surface area (Å²) in [6.07, 6.45) is 1.87. The molecule has 2 aromatic heterocycles. The summed E-state index contributed by atoms with van der Waals surface area (Å²) in [5, 5.41) is 9.86. The molecule has 3 heterocycles. The Balaban J connectivity index is 1.68. The number of hydrogen-bond acceptors (Lipinski definition) is 5. The van der Waals surface area contributed by atoms with Gasteiger partial charge >= 0.3 is 0 Å². The molecule has 1 aliphatic rings. The lowest BCUT2D eigenvalue weighted by Crippen LogP contribution is -2.39. The van der Waals surface area contributed by atoms with E-state index >= 15 is 0 Å². The molecule has 0 saturated carbocycles. The summed E-state index contributed by atoms with van der Waals surface area (Å²) < 4.78 is 0. The second-order valence-electron chi connectivity index (χ2n) is 6.05. The molecule has 1 aliphatic heterocycles. The number of H-pyrrole nitrogens is 1. The van der Waals surface area contributed by atoms with Crippen LogP contribution in [0, 0.1) is 0 Å². The van der Waals surface area contributed by atoms with Crippen molar-refractivity contribution < 1.29 is 9.90 Å². The van der Waals surface area contributed by atoms with Crippen LogP contribution in [0.3, 0.4) is 0 Å². The maximum Gasteiger partial charge on any atom is 0.276 e. The van der Waals surface area contributed by atoms with Crippen LogP contribution in [-0.2, 0) is 13.0 Å². The summed E-state index contributed by atoms with van der Waals surface area (Å²) in [5.41, 5.74) is 1.80. The number of aromatic hydroxyl groups is 1. The highest BCUT2D eigenvalue weighted by Gasteiger charge is 2.27. The zero-order valence-corrected chi connectivity index (χ0v) is 13.8. The van der Waals surface area contributed by atoms with Crippen molar-refractivity contribution in [1.29, 1.82) is 0 Å². The lowest BCUT2D eigenvalue weighted by molar-refractivity contribution is 0.0722. The van der Waals surface area contributed by atoms with Gasteiger partial charge in [-0.3, -0.25) is 9.59 Å². The van der Waals surface area contributed by atoms with E-state index in [2.05, 4.69) is 15.0 Å². The molecule has 0 spiro atoms. The van der Waals surface area contributed by atoms with Gasteiger partial charge in [0.25, 0.3) is 11.5 Å². The molecule has 1 amide bonds. The SMILES string of the molecule is O=C(c1ncccc1O)N1CCc2c(nc(-c3ccccc3)[nH]c2=O)C1. The van der Waals surface area contributed by atoms with Gasteiger partial charge in [0, 0.05) is 23.9 Å². The fourth-order valence-electron chi connectivity index (χ4n) is 3.06. The standard InChI is InChI=1S/C19H16N4O3/c24-15-7-4-9-20-16(15)19(26)23-10-8-13-14(11-23)21-17(22-18(13)25)12-5-2-1-3-6-12/h1-7,9,24H,8,10-11H2,(H,21,22,25). The predicted molar refractivity (Wildman–Crippen MR) is 94.6 cm³/mol. The number of hydrogen-bond donors (Lipinski definition) is 2.